The Morgan fingerprint density at radius 3 is 2.39 bits per heavy atom. The summed E-state index contributed by atoms with van der Waals surface area (Å²) in [6, 6.07) is 10.7. The number of halogens is 1. The van der Waals surface area contributed by atoms with E-state index in [1.54, 1.807) is 0 Å². The number of hydrogen-bond donors (Lipinski definition) is 2. The number of aliphatic imine (C=N–C) groups is 1. The van der Waals surface area contributed by atoms with Crippen LogP contribution in [0, 0.1) is 11.8 Å². The third-order valence-corrected chi connectivity index (χ3v) is 5.10. The van der Waals surface area contributed by atoms with E-state index in [4.69, 9.17) is 4.99 Å². The van der Waals surface area contributed by atoms with Gasteiger partial charge >= 0.3 is 0 Å². The summed E-state index contributed by atoms with van der Waals surface area (Å²) in [5.41, 5.74) is 1.38. The van der Waals surface area contributed by atoms with Crippen LogP contribution in [0.15, 0.2) is 35.3 Å². The van der Waals surface area contributed by atoms with Gasteiger partial charge in [0.15, 0.2) is 5.96 Å². The second kappa shape index (κ2) is 14.2. The minimum absolute atomic E-state index is 0. The predicted octanol–water partition coefficient (Wildman–Crippen LogP) is 3.43. The summed E-state index contributed by atoms with van der Waals surface area (Å²) in [6.45, 7) is 13.7. The molecule has 1 fully saturated rings. The van der Waals surface area contributed by atoms with Crippen molar-refractivity contribution in [3.05, 3.63) is 35.9 Å². The number of nitrogens with zero attached hydrogens (tertiary/aromatic N) is 3. The van der Waals surface area contributed by atoms with Crippen molar-refractivity contribution in [1.29, 1.82) is 0 Å². The molecule has 0 bridgehead atoms. The average molecular weight is 502 g/mol. The lowest BCUT2D eigenvalue weighted by Crippen LogP contribution is -2.52. The lowest BCUT2D eigenvalue weighted by molar-refractivity contribution is 0.172. The smallest absolute Gasteiger partial charge is 0.194 e. The van der Waals surface area contributed by atoms with Crippen molar-refractivity contribution >= 4 is 29.9 Å². The van der Waals surface area contributed by atoms with E-state index in [2.05, 4.69) is 66.2 Å². The number of rotatable bonds is 9. The molecule has 0 aliphatic carbocycles. The number of aliphatic hydroxyl groups excluding tert-OH is 1. The summed E-state index contributed by atoms with van der Waals surface area (Å²) in [6.07, 6.45) is 1.96. The fraction of sp³-hybridized carbons (Fsp3) is 0.682. The van der Waals surface area contributed by atoms with Crippen LogP contribution < -0.4 is 5.32 Å². The Kier molecular flexibility index (Phi) is 12.7. The van der Waals surface area contributed by atoms with Gasteiger partial charge in [-0.15, -0.1) is 24.0 Å². The Balaban J connectivity index is 0.00000392. The molecule has 0 amide bonds. The van der Waals surface area contributed by atoms with Crippen LogP contribution in [0.25, 0.3) is 0 Å². The number of piperazine rings is 1. The van der Waals surface area contributed by atoms with E-state index in [1.165, 1.54) is 5.56 Å². The SMILES string of the molecule is CCNC(=NCC(CCO)CC(C)C)N1CCN(Cc2ccccc2)CC1.I. The van der Waals surface area contributed by atoms with Gasteiger partial charge in [-0.1, -0.05) is 44.2 Å². The Morgan fingerprint density at radius 2 is 1.82 bits per heavy atom. The van der Waals surface area contributed by atoms with Crippen LogP contribution in [0.4, 0.5) is 0 Å². The summed E-state index contributed by atoms with van der Waals surface area (Å²) in [4.78, 5) is 9.82. The van der Waals surface area contributed by atoms with E-state index in [0.29, 0.717) is 11.8 Å². The Bertz CT molecular complexity index is 545. The summed E-state index contributed by atoms with van der Waals surface area (Å²) < 4.78 is 0. The van der Waals surface area contributed by atoms with E-state index in [1.807, 2.05) is 0 Å². The largest absolute Gasteiger partial charge is 0.396 e. The van der Waals surface area contributed by atoms with Crippen molar-refractivity contribution in [1.82, 2.24) is 15.1 Å². The van der Waals surface area contributed by atoms with Gasteiger partial charge in [0.05, 0.1) is 0 Å². The topological polar surface area (TPSA) is 51.1 Å². The zero-order valence-corrected chi connectivity index (χ0v) is 20.1. The van der Waals surface area contributed by atoms with Crippen LogP contribution >= 0.6 is 24.0 Å². The highest BCUT2D eigenvalue weighted by atomic mass is 127. The third kappa shape index (κ3) is 9.09. The van der Waals surface area contributed by atoms with Gasteiger partial charge in [0.1, 0.15) is 0 Å². The highest BCUT2D eigenvalue weighted by Crippen LogP contribution is 2.16. The van der Waals surface area contributed by atoms with Crippen LogP contribution in [-0.2, 0) is 6.54 Å². The molecule has 1 aromatic rings. The third-order valence-electron chi connectivity index (χ3n) is 5.10. The maximum Gasteiger partial charge on any atom is 0.194 e. The highest BCUT2D eigenvalue weighted by Gasteiger charge is 2.20. The second-order valence-corrected chi connectivity index (χ2v) is 7.95. The maximum absolute atomic E-state index is 9.34. The van der Waals surface area contributed by atoms with Gasteiger partial charge in [0.25, 0.3) is 0 Å². The van der Waals surface area contributed by atoms with Crippen molar-refractivity contribution in [3.63, 3.8) is 0 Å². The maximum atomic E-state index is 9.34. The molecule has 1 unspecified atom stereocenters. The summed E-state index contributed by atoms with van der Waals surface area (Å²) in [7, 11) is 0. The fourth-order valence-corrected chi connectivity index (χ4v) is 3.73. The van der Waals surface area contributed by atoms with E-state index in [9.17, 15) is 5.11 Å². The van der Waals surface area contributed by atoms with Crippen molar-refractivity contribution in [3.8, 4) is 0 Å². The number of benzene rings is 1. The molecule has 1 atom stereocenters. The molecule has 0 radical (unpaired) electrons. The lowest BCUT2D eigenvalue weighted by atomic mass is 9.94. The average Bonchev–Trinajstić information content (AvgIpc) is 2.66. The molecule has 2 rings (SSSR count). The molecule has 1 aliphatic rings. The molecular formula is C22H39IN4O. The van der Waals surface area contributed by atoms with Gasteiger partial charge in [-0.25, -0.2) is 0 Å². The monoisotopic (exact) mass is 502 g/mol. The Labute approximate surface area is 188 Å². The summed E-state index contributed by atoms with van der Waals surface area (Å²) >= 11 is 0. The normalized spacial score (nSPS) is 16.8. The molecule has 1 aromatic carbocycles. The first-order chi connectivity index (χ1) is 13.1. The van der Waals surface area contributed by atoms with Crippen LogP contribution in [0.2, 0.25) is 0 Å². The predicted molar refractivity (Wildman–Crippen MR) is 129 cm³/mol. The lowest BCUT2D eigenvalue weighted by Gasteiger charge is -2.36. The van der Waals surface area contributed by atoms with Crippen LogP contribution in [0.1, 0.15) is 39.2 Å². The number of aliphatic hydroxyl groups is 1. The molecule has 0 saturated carbocycles. The molecular weight excluding hydrogens is 463 g/mol. The first kappa shape index (κ1) is 25.2. The summed E-state index contributed by atoms with van der Waals surface area (Å²) in [5, 5.41) is 12.8. The molecule has 160 valence electrons. The quantitative estimate of drug-likeness (QED) is 0.309. The Morgan fingerprint density at radius 1 is 1.14 bits per heavy atom. The van der Waals surface area contributed by atoms with E-state index >= 15 is 0 Å². The van der Waals surface area contributed by atoms with Gasteiger partial charge in [0, 0.05) is 52.4 Å². The standard InChI is InChI=1S/C22H38N4O.HI/c1-4-23-22(24-17-21(10-15-27)16-19(2)3)26-13-11-25(12-14-26)18-20-8-6-5-7-9-20;/h5-9,19,21,27H,4,10-18H2,1-3H3,(H,23,24);1H. The van der Waals surface area contributed by atoms with Gasteiger partial charge in [-0.2, -0.15) is 0 Å². The molecule has 0 aromatic heterocycles. The number of guanidine groups is 1. The fourth-order valence-electron chi connectivity index (χ4n) is 3.73. The van der Waals surface area contributed by atoms with Crippen molar-refractivity contribution in [2.75, 3.05) is 45.9 Å². The first-order valence-electron chi connectivity index (χ1n) is 10.5. The van der Waals surface area contributed by atoms with Gasteiger partial charge < -0.3 is 15.3 Å². The minimum atomic E-state index is 0. The van der Waals surface area contributed by atoms with E-state index < -0.39 is 0 Å². The van der Waals surface area contributed by atoms with E-state index in [-0.39, 0.29) is 30.6 Å². The van der Waals surface area contributed by atoms with E-state index in [0.717, 1.165) is 64.6 Å². The molecule has 1 heterocycles. The van der Waals surface area contributed by atoms with Crippen LogP contribution in [0.3, 0.4) is 0 Å². The van der Waals surface area contributed by atoms with Gasteiger partial charge in [-0.05, 0) is 37.2 Å². The molecule has 5 nitrogen and oxygen atoms in total. The van der Waals surface area contributed by atoms with Gasteiger partial charge in [0.2, 0.25) is 0 Å². The van der Waals surface area contributed by atoms with Crippen molar-refractivity contribution < 1.29 is 5.11 Å². The Hall–Kier alpha value is -0.860. The van der Waals surface area contributed by atoms with Crippen molar-refractivity contribution in [2.45, 2.75) is 40.2 Å². The van der Waals surface area contributed by atoms with Crippen molar-refractivity contribution in [2.24, 2.45) is 16.8 Å². The summed E-state index contributed by atoms with van der Waals surface area (Å²) in [5.74, 6) is 2.13. The molecule has 1 aliphatic heterocycles. The zero-order chi connectivity index (χ0) is 19.5. The second-order valence-electron chi connectivity index (χ2n) is 7.95. The molecule has 2 N–H and O–H groups in total. The molecule has 6 heteroatoms. The van der Waals surface area contributed by atoms with Crippen LogP contribution in [-0.4, -0.2) is 66.7 Å². The number of nitrogens with one attached hydrogen (secondary N) is 1. The van der Waals surface area contributed by atoms with Crippen LogP contribution in [0.5, 0.6) is 0 Å². The molecule has 0 spiro atoms. The molecule has 1 saturated heterocycles. The highest BCUT2D eigenvalue weighted by molar-refractivity contribution is 14.0. The first-order valence-corrected chi connectivity index (χ1v) is 10.5. The molecule has 28 heavy (non-hydrogen) atoms. The minimum Gasteiger partial charge on any atom is -0.396 e. The van der Waals surface area contributed by atoms with Gasteiger partial charge in [-0.3, -0.25) is 9.89 Å². The zero-order valence-electron chi connectivity index (χ0n) is 17.8. The number of hydrogen-bond acceptors (Lipinski definition) is 3.